The minimum Gasteiger partial charge on any atom is -0.378 e. The maximum Gasteiger partial charge on any atom is 0.330 e. The number of aromatic amines is 1. The number of nitrogens with zero attached hydrogens (tertiary/aromatic N) is 6. The molecule has 0 spiro atoms. The van der Waals surface area contributed by atoms with Gasteiger partial charge in [0.05, 0.1) is 18.9 Å². The van der Waals surface area contributed by atoms with Crippen molar-refractivity contribution in [2.24, 2.45) is 0 Å². The number of fused-ring (bicyclic) bond motifs is 2. The number of carbonyl (C=O) groups excluding carboxylic acids is 1. The highest BCUT2D eigenvalue weighted by molar-refractivity contribution is 5.98. The summed E-state index contributed by atoms with van der Waals surface area (Å²) in [5.74, 6) is 1.59. The predicted molar refractivity (Wildman–Crippen MR) is 154 cm³/mol. The number of hydrogen-bond donors (Lipinski definition) is 2. The second-order valence-electron chi connectivity index (χ2n) is 9.71. The summed E-state index contributed by atoms with van der Waals surface area (Å²) in [6.45, 7) is 5.05. The summed E-state index contributed by atoms with van der Waals surface area (Å²) in [5.41, 5.74) is 5.32. The highest BCUT2D eigenvalue weighted by Gasteiger charge is 2.18. The Bertz CT molecular complexity index is 1820. The lowest BCUT2D eigenvalue weighted by atomic mass is 10.0. The lowest BCUT2D eigenvalue weighted by molar-refractivity contribution is 0.122. The summed E-state index contributed by atoms with van der Waals surface area (Å²) in [7, 11) is 0. The van der Waals surface area contributed by atoms with Crippen molar-refractivity contribution < 1.29 is 9.53 Å². The van der Waals surface area contributed by atoms with Crippen LogP contribution in [0, 0.1) is 6.92 Å². The number of imidazole rings is 1. The van der Waals surface area contributed by atoms with Crippen molar-refractivity contribution >= 4 is 39.5 Å². The largest absolute Gasteiger partial charge is 0.378 e. The Morgan fingerprint density at radius 2 is 1.75 bits per heavy atom. The zero-order valence-electron chi connectivity index (χ0n) is 21.8. The van der Waals surface area contributed by atoms with Crippen LogP contribution in [0.3, 0.4) is 0 Å². The Labute approximate surface area is 229 Å². The van der Waals surface area contributed by atoms with Crippen molar-refractivity contribution in [2.75, 3.05) is 36.5 Å². The van der Waals surface area contributed by atoms with Crippen molar-refractivity contribution in [1.29, 1.82) is 0 Å². The number of hydrogen-bond acceptors (Lipinski definition) is 7. The van der Waals surface area contributed by atoms with E-state index < -0.39 is 0 Å². The van der Waals surface area contributed by atoms with Crippen LogP contribution in [0.4, 0.5) is 16.3 Å². The average Bonchev–Trinajstić information content (AvgIpc) is 3.64. The monoisotopic (exact) mass is 530 g/mol. The van der Waals surface area contributed by atoms with E-state index >= 15 is 0 Å². The molecule has 2 N–H and O–H groups in total. The molecule has 0 aliphatic carbocycles. The fourth-order valence-electron chi connectivity index (χ4n) is 5.08. The maximum atomic E-state index is 13.1. The smallest absolute Gasteiger partial charge is 0.330 e. The number of ether oxygens (including phenoxy) is 1. The Balaban J connectivity index is 1.19. The molecule has 7 rings (SSSR count). The Kier molecular flexibility index (Phi) is 5.94. The molecule has 0 radical (unpaired) electrons. The molecule has 4 aromatic heterocycles. The minimum absolute atomic E-state index is 0.235. The molecule has 5 heterocycles. The second kappa shape index (κ2) is 9.90. The lowest BCUT2D eigenvalue weighted by Crippen LogP contribution is -2.36. The molecule has 6 aromatic rings. The first kappa shape index (κ1) is 24.0. The number of H-pyrrole nitrogens is 1. The van der Waals surface area contributed by atoms with E-state index in [4.69, 9.17) is 9.72 Å². The fourth-order valence-corrected chi connectivity index (χ4v) is 5.08. The van der Waals surface area contributed by atoms with Crippen LogP contribution in [-0.4, -0.2) is 61.8 Å². The van der Waals surface area contributed by atoms with Crippen molar-refractivity contribution in [2.45, 2.75) is 6.92 Å². The van der Waals surface area contributed by atoms with Gasteiger partial charge in [0.25, 0.3) is 0 Å². The number of pyridine rings is 1. The molecule has 10 heteroatoms. The molecule has 2 aromatic carbocycles. The summed E-state index contributed by atoms with van der Waals surface area (Å²) < 4.78 is 7.01. The van der Waals surface area contributed by atoms with Gasteiger partial charge in [0.1, 0.15) is 23.5 Å². The first-order chi connectivity index (χ1) is 19.6. The molecule has 1 fully saturated rings. The molecule has 198 valence electrons. The Morgan fingerprint density at radius 3 is 2.50 bits per heavy atom. The molecule has 0 atom stereocenters. The number of morpholine rings is 1. The van der Waals surface area contributed by atoms with Crippen LogP contribution in [0.15, 0.2) is 79.5 Å². The van der Waals surface area contributed by atoms with E-state index in [0.29, 0.717) is 36.1 Å². The molecule has 1 saturated heterocycles. The Morgan fingerprint density at radius 1 is 0.950 bits per heavy atom. The maximum absolute atomic E-state index is 13.1. The quantitative estimate of drug-likeness (QED) is 0.319. The van der Waals surface area contributed by atoms with E-state index in [1.54, 1.807) is 4.57 Å². The molecule has 1 amide bonds. The summed E-state index contributed by atoms with van der Waals surface area (Å²) in [6, 6.07) is 17.4. The molecular weight excluding hydrogens is 504 g/mol. The van der Waals surface area contributed by atoms with Gasteiger partial charge in [-0.2, -0.15) is 0 Å². The van der Waals surface area contributed by atoms with Crippen LogP contribution in [0.2, 0.25) is 0 Å². The third-order valence-electron chi connectivity index (χ3n) is 7.26. The first-order valence-electron chi connectivity index (χ1n) is 13.1. The van der Waals surface area contributed by atoms with Crippen LogP contribution < -0.4 is 10.2 Å². The minimum atomic E-state index is -0.235. The topological polar surface area (TPSA) is 114 Å². The van der Waals surface area contributed by atoms with Gasteiger partial charge >= 0.3 is 6.03 Å². The SMILES string of the molecule is Cc1c(NC(=O)n2cc3ccccc3c2)cccc1-c1ncnc2nc(-c3ccc(N4CCOCC4)nc3)[nH]c12. The number of carbonyl (C=O) groups is 1. The normalized spacial score (nSPS) is 13.7. The number of amides is 1. The van der Waals surface area contributed by atoms with Crippen molar-refractivity contribution in [1.82, 2.24) is 29.5 Å². The van der Waals surface area contributed by atoms with Gasteiger partial charge in [-0.15, -0.1) is 0 Å². The van der Waals surface area contributed by atoms with Crippen molar-refractivity contribution in [3.8, 4) is 22.6 Å². The third kappa shape index (κ3) is 4.34. The zero-order valence-corrected chi connectivity index (χ0v) is 21.8. The highest BCUT2D eigenvalue weighted by atomic mass is 16.5. The highest BCUT2D eigenvalue weighted by Crippen LogP contribution is 2.32. The molecule has 40 heavy (non-hydrogen) atoms. The molecule has 0 unspecified atom stereocenters. The van der Waals surface area contributed by atoms with E-state index in [-0.39, 0.29) is 6.03 Å². The van der Waals surface area contributed by atoms with Gasteiger partial charge in [0, 0.05) is 48.5 Å². The molecule has 10 nitrogen and oxygen atoms in total. The zero-order chi connectivity index (χ0) is 27.1. The van der Waals surface area contributed by atoms with Crippen LogP contribution in [0.5, 0.6) is 0 Å². The second-order valence-corrected chi connectivity index (χ2v) is 9.71. The third-order valence-corrected chi connectivity index (χ3v) is 7.26. The van der Waals surface area contributed by atoms with Crippen LogP contribution in [-0.2, 0) is 4.74 Å². The fraction of sp³-hybridized carbons (Fsp3) is 0.167. The standard InChI is InChI=1S/C30H26N8O2/c1-19-23(7-4-8-24(19)34-30(39)38-16-21-5-2-3-6-22(21)17-38)26-27-29(33-18-32-26)36-28(35-27)20-9-10-25(31-15-20)37-11-13-40-14-12-37/h2-10,15-18H,11-14H2,1H3,(H,34,39)(H,32,33,35,36). The molecule has 1 aliphatic rings. The van der Waals surface area contributed by atoms with E-state index in [1.807, 2.05) is 80.1 Å². The van der Waals surface area contributed by atoms with Gasteiger partial charge in [-0.25, -0.2) is 24.7 Å². The van der Waals surface area contributed by atoms with E-state index in [0.717, 1.165) is 51.9 Å². The van der Waals surface area contributed by atoms with Crippen LogP contribution >= 0.6 is 0 Å². The van der Waals surface area contributed by atoms with Gasteiger partial charge in [0.15, 0.2) is 5.65 Å². The van der Waals surface area contributed by atoms with E-state index in [2.05, 4.69) is 30.2 Å². The van der Waals surface area contributed by atoms with Crippen LogP contribution in [0.1, 0.15) is 5.56 Å². The summed E-state index contributed by atoms with van der Waals surface area (Å²) in [4.78, 5) is 37.1. The van der Waals surface area contributed by atoms with Gasteiger partial charge in [-0.05, 0) is 41.5 Å². The molecule has 0 bridgehead atoms. The van der Waals surface area contributed by atoms with E-state index in [9.17, 15) is 4.79 Å². The molecule has 1 aliphatic heterocycles. The van der Waals surface area contributed by atoms with Gasteiger partial charge < -0.3 is 19.9 Å². The van der Waals surface area contributed by atoms with Gasteiger partial charge in [-0.1, -0.05) is 36.4 Å². The van der Waals surface area contributed by atoms with Crippen LogP contribution in [0.25, 0.3) is 44.6 Å². The number of aromatic nitrogens is 6. The predicted octanol–water partition coefficient (Wildman–Crippen LogP) is 5.26. The Hall–Kier alpha value is -5.09. The molecule has 0 saturated carbocycles. The van der Waals surface area contributed by atoms with Crippen molar-refractivity contribution in [3.63, 3.8) is 0 Å². The number of nitrogens with one attached hydrogen (secondary N) is 2. The average molecular weight is 531 g/mol. The van der Waals surface area contributed by atoms with Gasteiger partial charge in [-0.3, -0.25) is 4.57 Å². The van der Waals surface area contributed by atoms with Crippen molar-refractivity contribution in [3.05, 3.63) is 85.1 Å². The number of anilines is 2. The van der Waals surface area contributed by atoms with E-state index in [1.165, 1.54) is 6.33 Å². The summed E-state index contributed by atoms with van der Waals surface area (Å²) in [6.07, 6.45) is 6.98. The number of rotatable bonds is 4. The summed E-state index contributed by atoms with van der Waals surface area (Å²) >= 11 is 0. The molecular formula is C30H26N8O2. The first-order valence-corrected chi connectivity index (χ1v) is 13.1. The summed E-state index contributed by atoms with van der Waals surface area (Å²) in [5, 5.41) is 5.06. The number of benzene rings is 2. The van der Waals surface area contributed by atoms with Gasteiger partial charge in [0.2, 0.25) is 0 Å². The lowest BCUT2D eigenvalue weighted by Gasteiger charge is -2.27.